The lowest BCUT2D eigenvalue weighted by Gasteiger charge is -2.61. The minimum absolute atomic E-state index is 0.0742. The first kappa shape index (κ1) is 32.4. The van der Waals surface area contributed by atoms with Gasteiger partial charge in [0.05, 0.1) is 6.10 Å². The Morgan fingerprint density at radius 3 is 2.32 bits per heavy atom. The second kappa shape index (κ2) is 10.9. The topological polar surface area (TPSA) is 127 Å². The number of hydrogen-bond acceptors (Lipinski definition) is 7. The molecule has 0 aromatic heterocycles. The molecule has 0 aromatic rings. The second-order valence-corrected chi connectivity index (χ2v) is 15.8. The number of allylic oxidation sites excluding steroid dienone is 2. The van der Waals surface area contributed by atoms with E-state index >= 15 is 0 Å². The van der Waals surface area contributed by atoms with Crippen LogP contribution in [0.5, 0.6) is 0 Å². The van der Waals surface area contributed by atoms with Gasteiger partial charge in [0.1, 0.15) is 6.10 Å². The van der Waals surface area contributed by atoms with E-state index in [9.17, 15) is 27.7 Å². The normalized spacial score (nSPS) is 39.1. The highest BCUT2D eigenvalue weighted by atomic mass is 32.3. The van der Waals surface area contributed by atoms with Crippen LogP contribution in [-0.2, 0) is 28.9 Å². The van der Waals surface area contributed by atoms with Gasteiger partial charge in [0, 0.05) is 23.3 Å². The van der Waals surface area contributed by atoms with Crippen molar-refractivity contribution in [2.75, 3.05) is 0 Å². The Balaban J connectivity index is 1.77. The summed E-state index contributed by atoms with van der Waals surface area (Å²) in [6, 6.07) is 0. The molecule has 0 radical (unpaired) electrons. The molecule has 0 heterocycles. The van der Waals surface area contributed by atoms with Gasteiger partial charge in [-0.1, -0.05) is 66.2 Å². The maximum Gasteiger partial charge on any atom is 0.397 e. The summed E-state index contributed by atoms with van der Waals surface area (Å²) in [7, 11) is -4.79. The first-order chi connectivity index (χ1) is 18.8. The molecule has 41 heavy (non-hydrogen) atoms. The van der Waals surface area contributed by atoms with Crippen LogP contribution in [0.2, 0.25) is 0 Å². The zero-order valence-electron chi connectivity index (χ0n) is 26.0. The third-order valence-corrected chi connectivity index (χ3v) is 12.1. The van der Waals surface area contributed by atoms with Gasteiger partial charge in [-0.05, 0) is 80.0 Å². The zero-order chi connectivity index (χ0) is 30.9. The number of fused-ring (bicyclic) bond motifs is 4. The van der Waals surface area contributed by atoms with Crippen LogP contribution in [-0.4, -0.2) is 48.1 Å². The summed E-state index contributed by atoms with van der Waals surface area (Å²) in [6.07, 6.45) is 1.93. The number of Topliss-reactive ketones (excluding diaryl/α,β-unsaturated/α-hetero) is 1. The average molecular weight is 595 g/mol. The summed E-state index contributed by atoms with van der Waals surface area (Å²) < 4.78 is 43.8. The molecule has 9 heteroatoms. The van der Waals surface area contributed by atoms with Crippen molar-refractivity contribution in [2.24, 2.45) is 45.8 Å². The molecule has 2 unspecified atom stereocenters. The van der Waals surface area contributed by atoms with E-state index in [1.54, 1.807) is 0 Å². The number of aliphatic hydroxyl groups excluding tert-OH is 1. The fraction of sp³-hybridized carbons (Fsp3) is 0.812. The van der Waals surface area contributed by atoms with Crippen LogP contribution in [0.3, 0.4) is 0 Å². The Morgan fingerprint density at radius 2 is 1.76 bits per heavy atom. The number of rotatable bonds is 8. The Morgan fingerprint density at radius 1 is 1.12 bits per heavy atom. The molecule has 0 aromatic carbocycles. The molecule has 4 rings (SSSR count). The van der Waals surface area contributed by atoms with Crippen molar-refractivity contribution in [1.29, 1.82) is 0 Å². The van der Waals surface area contributed by atoms with Gasteiger partial charge in [-0.25, -0.2) is 4.18 Å². The Bertz CT molecular complexity index is 1230. The molecule has 232 valence electrons. The molecule has 0 bridgehead atoms. The van der Waals surface area contributed by atoms with Crippen LogP contribution >= 0.6 is 0 Å². The number of hydrogen-bond donors (Lipinski definition) is 2. The van der Waals surface area contributed by atoms with E-state index in [1.807, 2.05) is 20.8 Å². The Kier molecular flexibility index (Phi) is 8.58. The number of carbonyl (C=O) groups is 2. The van der Waals surface area contributed by atoms with E-state index in [0.29, 0.717) is 30.3 Å². The van der Waals surface area contributed by atoms with Crippen molar-refractivity contribution in [2.45, 2.75) is 119 Å². The predicted molar refractivity (Wildman–Crippen MR) is 156 cm³/mol. The second-order valence-electron chi connectivity index (χ2n) is 14.7. The highest BCUT2D eigenvalue weighted by Crippen LogP contribution is 2.68. The lowest BCUT2D eigenvalue weighted by atomic mass is 9.44. The fourth-order valence-corrected chi connectivity index (χ4v) is 10.4. The number of carbonyl (C=O) groups excluding carboxylic acids is 2. The summed E-state index contributed by atoms with van der Waals surface area (Å²) >= 11 is 0. The van der Waals surface area contributed by atoms with Crippen molar-refractivity contribution in [1.82, 2.24) is 0 Å². The molecule has 4 aliphatic carbocycles. The molecule has 9 atom stereocenters. The van der Waals surface area contributed by atoms with Crippen LogP contribution < -0.4 is 0 Å². The molecule has 2 saturated carbocycles. The number of aliphatic hydroxyl groups is 1. The van der Waals surface area contributed by atoms with Crippen molar-refractivity contribution in [3.8, 4) is 0 Å². The SMILES string of the molecule is C=C(CC[C@@H](C)[C@H]1CC[C@H]2C3=C(C(=O)[C@H](OC(C)=O)[C@]12C)[C@@]1(C)CC(O)[C@H](OS(=O)(=O)O)C(C)(C)C1CC3)C(C)C. The van der Waals surface area contributed by atoms with Gasteiger partial charge in [-0.3, -0.25) is 14.1 Å². The third-order valence-electron chi connectivity index (χ3n) is 11.7. The molecule has 0 spiro atoms. The van der Waals surface area contributed by atoms with Crippen molar-refractivity contribution >= 4 is 22.2 Å². The standard InChI is InChI=1S/C32H50O8S/c1-17(2)18(3)10-11-19(4)22-13-14-23-21-12-15-25-30(6,7)28(40-41(36,37)38)24(34)16-31(25,8)26(21)27(35)29(32(22,23)9)39-20(5)33/h17,19,22-25,28-29,34H,3,10-16H2,1-2,4-9H3,(H,36,37,38)/t19-,22-,23+,24?,25?,28+,29+,31+,32-/m1/s1. The molecule has 4 aliphatic rings. The highest BCUT2D eigenvalue weighted by Gasteiger charge is 2.67. The van der Waals surface area contributed by atoms with E-state index in [0.717, 1.165) is 31.3 Å². The average Bonchev–Trinajstić information content (AvgIpc) is 3.19. The van der Waals surface area contributed by atoms with Gasteiger partial charge in [0.2, 0.25) is 5.78 Å². The van der Waals surface area contributed by atoms with Gasteiger partial charge in [0.25, 0.3) is 0 Å². The smallest absolute Gasteiger partial charge is 0.397 e. The third kappa shape index (κ3) is 5.38. The fourth-order valence-electron chi connectivity index (χ4n) is 9.78. The maximum atomic E-state index is 14.7. The van der Waals surface area contributed by atoms with Crippen LogP contribution in [0, 0.1) is 45.8 Å². The van der Waals surface area contributed by atoms with Crippen LogP contribution in [0.4, 0.5) is 0 Å². The van der Waals surface area contributed by atoms with E-state index < -0.39 is 50.9 Å². The lowest BCUT2D eigenvalue weighted by Crippen LogP contribution is -2.63. The molecular weight excluding hydrogens is 544 g/mol. The number of ether oxygens (including phenoxy) is 1. The quantitative estimate of drug-likeness (QED) is 0.203. The summed E-state index contributed by atoms with van der Waals surface area (Å²) in [5.41, 5.74) is 0.816. The van der Waals surface area contributed by atoms with Gasteiger partial charge in [-0.2, -0.15) is 8.42 Å². The van der Waals surface area contributed by atoms with Gasteiger partial charge >= 0.3 is 16.4 Å². The molecule has 0 saturated heterocycles. The van der Waals surface area contributed by atoms with Crippen molar-refractivity contribution in [3.05, 3.63) is 23.3 Å². The van der Waals surface area contributed by atoms with Gasteiger partial charge in [0.15, 0.2) is 6.10 Å². The van der Waals surface area contributed by atoms with E-state index in [-0.39, 0.29) is 30.0 Å². The van der Waals surface area contributed by atoms with Crippen molar-refractivity contribution < 1.29 is 36.6 Å². The molecular formula is C32H50O8S. The number of esters is 1. The van der Waals surface area contributed by atoms with Gasteiger partial charge in [-0.15, -0.1) is 0 Å². The molecule has 0 aliphatic heterocycles. The molecule has 0 amide bonds. The van der Waals surface area contributed by atoms with Crippen LogP contribution in [0.25, 0.3) is 0 Å². The zero-order valence-corrected chi connectivity index (χ0v) is 26.8. The predicted octanol–water partition coefficient (Wildman–Crippen LogP) is 5.85. The molecule has 8 nitrogen and oxygen atoms in total. The van der Waals surface area contributed by atoms with Crippen LogP contribution in [0.15, 0.2) is 23.3 Å². The summed E-state index contributed by atoms with van der Waals surface area (Å²) in [4.78, 5) is 27.1. The van der Waals surface area contributed by atoms with E-state index in [4.69, 9.17) is 8.92 Å². The Hall–Kier alpha value is -1.55. The first-order valence-corrected chi connectivity index (χ1v) is 16.6. The molecule has 2 N–H and O–H groups in total. The summed E-state index contributed by atoms with van der Waals surface area (Å²) in [5, 5.41) is 11.2. The summed E-state index contributed by atoms with van der Waals surface area (Å²) in [5.74, 6) is 0.139. The van der Waals surface area contributed by atoms with Crippen molar-refractivity contribution in [3.63, 3.8) is 0 Å². The van der Waals surface area contributed by atoms with E-state index in [1.165, 1.54) is 12.5 Å². The largest absolute Gasteiger partial charge is 0.454 e. The number of ketones is 1. The lowest BCUT2D eigenvalue weighted by molar-refractivity contribution is -0.173. The van der Waals surface area contributed by atoms with Crippen LogP contribution in [0.1, 0.15) is 100 Å². The van der Waals surface area contributed by atoms with Gasteiger partial charge < -0.3 is 9.84 Å². The minimum atomic E-state index is -4.79. The molecule has 2 fully saturated rings. The van der Waals surface area contributed by atoms with E-state index in [2.05, 4.69) is 34.3 Å². The maximum absolute atomic E-state index is 14.7. The minimum Gasteiger partial charge on any atom is -0.454 e. The first-order valence-electron chi connectivity index (χ1n) is 15.2. The highest BCUT2D eigenvalue weighted by molar-refractivity contribution is 7.80. The summed E-state index contributed by atoms with van der Waals surface area (Å²) in [6.45, 7) is 20.0. The monoisotopic (exact) mass is 594 g/mol. The Labute approximate surface area is 246 Å².